The Morgan fingerprint density at radius 1 is 1.38 bits per heavy atom. The Labute approximate surface area is 152 Å². The number of hydrogen-bond acceptors (Lipinski definition) is 4. The van der Waals surface area contributed by atoms with E-state index in [0.29, 0.717) is 23.0 Å². The molecule has 0 unspecified atom stereocenters. The van der Waals surface area contributed by atoms with Crippen molar-refractivity contribution in [1.29, 1.82) is 0 Å². The van der Waals surface area contributed by atoms with Gasteiger partial charge in [0.05, 0.1) is 13.3 Å². The summed E-state index contributed by atoms with van der Waals surface area (Å²) >= 11 is 8.42. The lowest BCUT2D eigenvalue weighted by atomic mass is 10.2. The Bertz CT molecular complexity index is 754. The maximum absolute atomic E-state index is 12.8. The highest BCUT2D eigenvalue weighted by molar-refractivity contribution is 9.10. The molecule has 0 spiro atoms. The molecule has 0 aliphatic rings. The number of ether oxygens (including phenoxy) is 1. The summed E-state index contributed by atoms with van der Waals surface area (Å²) < 4.78 is 18.6. The van der Waals surface area contributed by atoms with Gasteiger partial charge in [-0.1, -0.05) is 28.1 Å². The van der Waals surface area contributed by atoms with Crippen LogP contribution >= 0.6 is 28.1 Å². The van der Waals surface area contributed by atoms with Gasteiger partial charge in [-0.25, -0.2) is 4.39 Å². The zero-order chi connectivity index (χ0) is 17.5. The Hall–Kier alpha value is -2.19. The van der Waals surface area contributed by atoms with Gasteiger partial charge in [-0.2, -0.15) is 5.10 Å². The summed E-state index contributed by atoms with van der Waals surface area (Å²) in [4.78, 5) is 0. The van der Waals surface area contributed by atoms with Gasteiger partial charge in [-0.3, -0.25) is 5.43 Å². The van der Waals surface area contributed by atoms with Crippen molar-refractivity contribution < 1.29 is 14.2 Å². The second-order valence-electron chi connectivity index (χ2n) is 4.73. The van der Waals surface area contributed by atoms with Crippen LogP contribution in [0.3, 0.4) is 0 Å². The maximum atomic E-state index is 12.8. The molecule has 0 aromatic heterocycles. The van der Waals surface area contributed by atoms with Gasteiger partial charge in [0, 0.05) is 16.6 Å². The first-order chi connectivity index (χ1) is 11.5. The third kappa shape index (κ3) is 5.17. The first kappa shape index (κ1) is 18.2. The lowest BCUT2D eigenvalue weighted by Crippen LogP contribution is -2.31. The molecule has 2 rings (SSSR count). The van der Waals surface area contributed by atoms with Crippen molar-refractivity contribution in [2.45, 2.75) is 6.54 Å². The molecule has 0 bridgehead atoms. The number of benzene rings is 2. The smallest absolute Gasteiger partial charge is 0.187 e. The van der Waals surface area contributed by atoms with Crippen LogP contribution in [-0.4, -0.2) is 23.5 Å². The number of methoxy groups -OCH3 is 1. The molecule has 24 heavy (non-hydrogen) atoms. The fraction of sp³-hybridized carbons (Fsp3) is 0.125. The normalized spacial score (nSPS) is 10.6. The summed E-state index contributed by atoms with van der Waals surface area (Å²) in [6.07, 6.45) is 1.43. The van der Waals surface area contributed by atoms with Crippen LogP contribution in [0, 0.1) is 5.82 Å². The Balaban J connectivity index is 1.90. The van der Waals surface area contributed by atoms with E-state index in [1.54, 1.807) is 24.3 Å². The molecule has 0 aliphatic carbocycles. The number of nitrogens with one attached hydrogen (secondary N) is 2. The number of phenolic OH excluding ortho intramolecular Hbond substituents is 1. The molecule has 0 heterocycles. The number of hydrogen-bond donors (Lipinski definition) is 3. The molecule has 0 fully saturated rings. The zero-order valence-corrected chi connectivity index (χ0v) is 15.1. The van der Waals surface area contributed by atoms with E-state index in [4.69, 9.17) is 17.0 Å². The summed E-state index contributed by atoms with van der Waals surface area (Å²) in [7, 11) is 1.47. The molecule has 2 aromatic carbocycles. The van der Waals surface area contributed by atoms with Crippen molar-refractivity contribution in [3.05, 3.63) is 57.8 Å². The van der Waals surface area contributed by atoms with Gasteiger partial charge in [0.1, 0.15) is 5.82 Å². The molecule has 0 aliphatic heterocycles. The minimum absolute atomic E-state index is 0.0172. The van der Waals surface area contributed by atoms with Crippen LogP contribution < -0.4 is 15.5 Å². The van der Waals surface area contributed by atoms with Crippen molar-refractivity contribution in [2.24, 2.45) is 5.10 Å². The van der Waals surface area contributed by atoms with Gasteiger partial charge in [0.15, 0.2) is 16.6 Å². The fourth-order valence-corrected chi connectivity index (χ4v) is 2.41. The SMILES string of the molecule is COc1cc(Br)cc(/C=N/NC(=S)NCc2ccc(F)cc2)c1O. The number of halogens is 2. The molecule has 126 valence electrons. The summed E-state index contributed by atoms with van der Waals surface area (Å²) in [5, 5.41) is 17.2. The van der Waals surface area contributed by atoms with Crippen LogP contribution in [0.4, 0.5) is 4.39 Å². The van der Waals surface area contributed by atoms with E-state index in [2.05, 4.69) is 31.8 Å². The van der Waals surface area contributed by atoms with Crippen molar-refractivity contribution in [1.82, 2.24) is 10.7 Å². The number of aromatic hydroxyl groups is 1. The molecule has 0 saturated heterocycles. The van der Waals surface area contributed by atoms with E-state index in [9.17, 15) is 9.50 Å². The van der Waals surface area contributed by atoms with E-state index in [0.717, 1.165) is 10.0 Å². The van der Waals surface area contributed by atoms with Gasteiger partial charge >= 0.3 is 0 Å². The van der Waals surface area contributed by atoms with Crippen LogP contribution in [-0.2, 0) is 6.54 Å². The molecule has 0 amide bonds. The highest BCUT2D eigenvalue weighted by Gasteiger charge is 2.08. The number of thiocarbonyl (C=S) groups is 1. The lowest BCUT2D eigenvalue weighted by molar-refractivity contribution is 0.373. The topological polar surface area (TPSA) is 65.9 Å². The van der Waals surface area contributed by atoms with Crippen molar-refractivity contribution in [3.8, 4) is 11.5 Å². The van der Waals surface area contributed by atoms with E-state index in [-0.39, 0.29) is 11.6 Å². The van der Waals surface area contributed by atoms with Gasteiger partial charge in [0.25, 0.3) is 0 Å². The van der Waals surface area contributed by atoms with Crippen LogP contribution in [0.15, 0.2) is 46.0 Å². The average Bonchev–Trinajstić information content (AvgIpc) is 2.57. The quantitative estimate of drug-likeness (QED) is 0.400. The Kier molecular flexibility index (Phi) is 6.51. The van der Waals surface area contributed by atoms with Gasteiger partial charge in [0.2, 0.25) is 0 Å². The van der Waals surface area contributed by atoms with E-state index < -0.39 is 0 Å². The van der Waals surface area contributed by atoms with Crippen LogP contribution in [0.1, 0.15) is 11.1 Å². The van der Waals surface area contributed by atoms with Crippen LogP contribution in [0.2, 0.25) is 0 Å². The number of phenols is 1. The number of hydrazone groups is 1. The Morgan fingerprint density at radius 2 is 2.08 bits per heavy atom. The first-order valence-electron chi connectivity index (χ1n) is 6.87. The molecule has 5 nitrogen and oxygen atoms in total. The predicted molar refractivity (Wildman–Crippen MR) is 98.9 cm³/mol. The highest BCUT2D eigenvalue weighted by Crippen LogP contribution is 2.32. The minimum atomic E-state index is -0.284. The second-order valence-corrected chi connectivity index (χ2v) is 6.05. The van der Waals surface area contributed by atoms with Crippen LogP contribution in [0.5, 0.6) is 11.5 Å². The summed E-state index contributed by atoms with van der Waals surface area (Å²) in [5.74, 6) is 0.0348. The maximum Gasteiger partial charge on any atom is 0.187 e. The zero-order valence-electron chi connectivity index (χ0n) is 12.7. The number of nitrogens with zero attached hydrogens (tertiary/aromatic N) is 1. The molecule has 0 radical (unpaired) electrons. The second kappa shape index (κ2) is 8.60. The van der Waals surface area contributed by atoms with Crippen molar-refractivity contribution >= 4 is 39.5 Å². The lowest BCUT2D eigenvalue weighted by Gasteiger charge is -2.08. The molecular weight excluding hydrogens is 397 g/mol. The molecule has 2 aromatic rings. The fourth-order valence-electron chi connectivity index (χ4n) is 1.83. The van der Waals surface area contributed by atoms with E-state index >= 15 is 0 Å². The van der Waals surface area contributed by atoms with Gasteiger partial charge in [-0.05, 0) is 42.0 Å². The third-order valence-electron chi connectivity index (χ3n) is 3.03. The molecule has 0 atom stereocenters. The standard InChI is InChI=1S/C16H15BrFN3O2S/c1-23-14-7-12(17)6-11(15(14)22)9-20-21-16(24)19-8-10-2-4-13(18)5-3-10/h2-7,9,22H,8H2,1H3,(H2,19,21,24)/b20-9+. The van der Waals surface area contributed by atoms with Crippen molar-refractivity contribution in [3.63, 3.8) is 0 Å². The van der Waals surface area contributed by atoms with E-state index in [1.807, 2.05) is 0 Å². The van der Waals surface area contributed by atoms with Gasteiger partial charge in [-0.15, -0.1) is 0 Å². The third-order valence-corrected chi connectivity index (χ3v) is 3.72. The average molecular weight is 412 g/mol. The number of rotatable bonds is 5. The monoisotopic (exact) mass is 411 g/mol. The summed E-state index contributed by atoms with van der Waals surface area (Å²) in [6.45, 7) is 0.442. The van der Waals surface area contributed by atoms with Crippen molar-refractivity contribution in [2.75, 3.05) is 7.11 Å². The van der Waals surface area contributed by atoms with Gasteiger partial charge < -0.3 is 15.2 Å². The van der Waals surface area contributed by atoms with Crippen LogP contribution in [0.25, 0.3) is 0 Å². The summed E-state index contributed by atoms with van der Waals surface area (Å²) in [5.41, 5.74) is 4.00. The Morgan fingerprint density at radius 3 is 2.75 bits per heavy atom. The molecular formula is C16H15BrFN3O2S. The summed E-state index contributed by atoms with van der Waals surface area (Å²) in [6, 6.07) is 9.44. The molecule has 8 heteroatoms. The largest absolute Gasteiger partial charge is 0.504 e. The highest BCUT2D eigenvalue weighted by atomic mass is 79.9. The first-order valence-corrected chi connectivity index (χ1v) is 8.07. The van der Waals surface area contributed by atoms with E-state index in [1.165, 1.54) is 25.5 Å². The molecule has 3 N–H and O–H groups in total. The minimum Gasteiger partial charge on any atom is -0.504 e. The predicted octanol–water partition coefficient (Wildman–Crippen LogP) is 3.30. The molecule has 0 saturated carbocycles.